The van der Waals surface area contributed by atoms with Crippen molar-refractivity contribution < 1.29 is 13.5 Å². The number of allylic oxidation sites excluding steroid dienone is 1. The second-order valence-electron chi connectivity index (χ2n) is 15.2. The Bertz CT molecular complexity index is 3500. The number of nitrogens with zero attached hydrogens (tertiary/aromatic N) is 3. The highest BCUT2D eigenvalue weighted by Crippen LogP contribution is 2.43. The van der Waals surface area contributed by atoms with Crippen LogP contribution in [-0.4, -0.2) is 15.4 Å². The van der Waals surface area contributed by atoms with Crippen molar-refractivity contribution in [3.63, 3.8) is 0 Å². The first-order valence-corrected chi connectivity index (χ1v) is 20.1. The number of furan rings is 2. The van der Waals surface area contributed by atoms with Crippen molar-refractivity contribution in [3.8, 4) is 22.4 Å². The molecule has 0 saturated carbocycles. The fraction of sp³-hybridized carbons (Fsp3) is 0.0370. The molecule has 3 aromatic heterocycles. The lowest BCUT2D eigenvalue weighted by Crippen LogP contribution is -2.22. The van der Waals surface area contributed by atoms with Crippen LogP contribution >= 0.6 is 0 Å². The van der Waals surface area contributed by atoms with Gasteiger partial charge in [0.25, 0.3) is 0 Å². The van der Waals surface area contributed by atoms with Crippen molar-refractivity contribution in [2.45, 2.75) is 13.0 Å². The number of hydrogen-bond donors (Lipinski definition) is 0. The predicted octanol–water partition coefficient (Wildman–Crippen LogP) is 14.3. The molecular formula is C54H35N3O2. The molecule has 278 valence electrons. The van der Waals surface area contributed by atoms with Gasteiger partial charge in [0.05, 0.1) is 16.8 Å². The highest BCUT2D eigenvalue weighted by atomic mass is 16.3. The summed E-state index contributed by atoms with van der Waals surface area (Å²) < 4.78 is 15.5. The van der Waals surface area contributed by atoms with Gasteiger partial charge in [-0.15, -0.1) is 0 Å². The molecule has 11 aromatic rings. The monoisotopic (exact) mass is 757 g/mol. The molecule has 0 amide bonds. The third kappa shape index (κ3) is 5.47. The molecule has 0 N–H and O–H groups in total. The number of para-hydroxylation sites is 4. The van der Waals surface area contributed by atoms with Gasteiger partial charge in [-0.25, -0.2) is 4.98 Å². The lowest BCUT2D eigenvalue weighted by atomic mass is 9.95. The highest BCUT2D eigenvalue weighted by Gasteiger charge is 2.23. The number of pyridine rings is 1. The molecular weight excluding hydrogens is 723 g/mol. The zero-order valence-electron chi connectivity index (χ0n) is 32.0. The molecule has 0 aliphatic carbocycles. The van der Waals surface area contributed by atoms with E-state index >= 15 is 0 Å². The summed E-state index contributed by atoms with van der Waals surface area (Å²) in [4.78, 5) is 5.17. The van der Waals surface area contributed by atoms with Crippen molar-refractivity contribution >= 4 is 77.0 Å². The maximum absolute atomic E-state index is 6.80. The summed E-state index contributed by atoms with van der Waals surface area (Å²) in [6.45, 7) is 0.599. The summed E-state index contributed by atoms with van der Waals surface area (Å²) in [6, 6.07) is 63.6. The molecule has 5 nitrogen and oxygen atoms in total. The van der Waals surface area contributed by atoms with Crippen molar-refractivity contribution in [3.05, 3.63) is 210 Å². The first-order chi connectivity index (χ1) is 29.2. The maximum atomic E-state index is 6.80. The van der Waals surface area contributed by atoms with Crippen molar-refractivity contribution in [1.29, 1.82) is 0 Å². The van der Waals surface area contributed by atoms with Gasteiger partial charge in [0.1, 0.15) is 22.3 Å². The van der Waals surface area contributed by atoms with Gasteiger partial charge in [0, 0.05) is 60.8 Å². The average molecular weight is 758 g/mol. The Morgan fingerprint density at radius 2 is 1.14 bits per heavy atom. The molecule has 0 radical (unpaired) electrons. The van der Waals surface area contributed by atoms with Gasteiger partial charge in [0.15, 0.2) is 12.3 Å². The number of aromatic nitrogens is 1. The molecule has 0 saturated heterocycles. The standard InChI is InChI=1S/C54H35N3O2/c1-3-13-36(14-4-1)45-30-31-47(42-21-12-20-40-39-17-8-10-24-48(39)58-54(40)42)57(56-45)33-34-25-27-35(28-26-34)38-19-11-22-44-51-49(59-53(38)44)32-29-43-50(51)41-18-7-9-23-46(41)55-52(43)37-15-5-2-6-16-37/h1-30,32H,31,33H2. The minimum atomic E-state index is 0.599. The number of benzene rings is 8. The van der Waals surface area contributed by atoms with Crippen LogP contribution < -0.4 is 0 Å². The second kappa shape index (κ2) is 13.4. The summed E-state index contributed by atoms with van der Waals surface area (Å²) in [5.74, 6) is 0. The van der Waals surface area contributed by atoms with Crippen molar-refractivity contribution in [2.75, 3.05) is 0 Å². The largest absolute Gasteiger partial charge is 0.455 e. The summed E-state index contributed by atoms with van der Waals surface area (Å²) in [7, 11) is 0. The summed E-state index contributed by atoms with van der Waals surface area (Å²) >= 11 is 0. The number of rotatable bonds is 6. The predicted molar refractivity (Wildman–Crippen MR) is 242 cm³/mol. The quantitative estimate of drug-likeness (QED) is 0.125. The molecule has 8 aromatic carbocycles. The summed E-state index contributed by atoms with van der Waals surface area (Å²) in [5, 5.41) is 7.83. The minimum Gasteiger partial charge on any atom is -0.455 e. The number of hydrogen-bond acceptors (Lipinski definition) is 3. The van der Waals surface area contributed by atoms with Crippen LogP contribution in [-0.2, 0) is 6.54 Å². The Kier molecular flexibility index (Phi) is 7.60. The van der Waals surface area contributed by atoms with Crippen LogP contribution in [0.5, 0.6) is 0 Å². The zero-order valence-corrected chi connectivity index (χ0v) is 32.0. The first-order valence-electron chi connectivity index (χ1n) is 20.1. The van der Waals surface area contributed by atoms with E-state index in [4.69, 9.17) is 19.2 Å². The molecule has 0 fully saturated rings. The van der Waals surface area contributed by atoms with Crippen LogP contribution in [0.15, 0.2) is 197 Å². The highest BCUT2D eigenvalue weighted by molar-refractivity contribution is 6.29. The maximum Gasteiger partial charge on any atom is 0.186 e. The lowest BCUT2D eigenvalue weighted by Gasteiger charge is -2.29. The van der Waals surface area contributed by atoms with Crippen LogP contribution in [0.4, 0.5) is 0 Å². The fourth-order valence-corrected chi connectivity index (χ4v) is 9.00. The van der Waals surface area contributed by atoms with E-state index < -0.39 is 0 Å². The van der Waals surface area contributed by atoms with Crippen LogP contribution in [0.1, 0.15) is 23.1 Å². The van der Waals surface area contributed by atoms with Gasteiger partial charge < -0.3 is 14.3 Å². The van der Waals surface area contributed by atoms with Crippen molar-refractivity contribution in [1.82, 2.24) is 4.98 Å². The summed E-state index contributed by atoms with van der Waals surface area (Å²) in [5.41, 5.74) is 19.4. The first kappa shape index (κ1) is 33.4. The smallest absolute Gasteiger partial charge is 0.186 e. The van der Waals surface area contributed by atoms with E-state index in [1.54, 1.807) is 0 Å². The van der Waals surface area contributed by atoms with Gasteiger partial charge in [-0.2, -0.15) is 0 Å². The van der Waals surface area contributed by atoms with Gasteiger partial charge in [-0.3, -0.25) is 4.68 Å². The van der Waals surface area contributed by atoms with E-state index in [9.17, 15) is 0 Å². The van der Waals surface area contributed by atoms with E-state index in [0.717, 1.165) is 122 Å². The van der Waals surface area contributed by atoms with E-state index in [-0.39, 0.29) is 0 Å². The minimum absolute atomic E-state index is 0.599. The van der Waals surface area contributed by atoms with Crippen LogP contribution in [0.25, 0.3) is 99.1 Å². The van der Waals surface area contributed by atoms with Gasteiger partial charge in [0.2, 0.25) is 0 Å². The molecule has 0 atom stereocenters. The van der Waals surface area contributed by atoms with Crippen molar-refractivity contribution in [2.24, 2.45) is 0 Å². The Hall–Kier alpha value is -7.76. The second-order valence-corrected chi connectivity index (χ2v) is 15.2. The third-order valence-corrected chi connectivity index (χ3v) is 11.8. The van der Waals surface area contributed by atoms with Gasteiger partial charge in [-0.05, 0) is 41.5 Å². The van der Waals surface area contributed by atoms with Crippen LogP contribution in [0.3, 0.4) is 0 Å². The molecule has 0 bridgehead atoms. The Labute approximate surface area is 339 Å². The third-order valence-electron chi connectivity index (χ3n) is 11.8. The van der Waals surface area contributed by atoms with Gasteiger partial charge in [-0.1, -0.05) is 163 Å². The summed E-state index contributed by atoms with van der Waals surface area (Å²) in [6.07, 6.45) is 2.95. The molecule has 1 aliphatic rings. The SMILES string of the molecule is C1=C(c2ccccc2)[N-][N+](Cc2ccc(-c3cccc4c3oc3ccc5c(-c6ccccc6)nc6ccccc6c5c34)cc2)=C(c2cccc3c2oc2ccccc23)C1. The normalized spacial score (nSPS) is 13.3. The zero-order chi connectivity index (χ0) is 38.9. The lowest BCUT2D eigenvalue weighted by molar-refractivity contribution is -0.489. The molecule has 0 spiro atoms. The fourth-order valence-electron chi connectivity index (χ4n) is 9.00. The molecule has 12 rings (SSSR count). The van der Waals surface area contributed by atoms with E-state index in [1.807, 2.05) is 24.3 Å². The number of fused-ring (bicyclic) bond motifs is 10. The van der Waals surface area contributed by atoms with Crippen LogP contribution in [0, 0.1) is 0 Å². The Balaban J connectivity index is 0.958. The molecule has 0 unspecified atom stereocenters. The van der Waals surface area contributed by atoms with Gasteiger partial charge >= 0.3 is 0 Å². The molecule has 1 aliphatic heterocycles. The van der Waals surface area contributed by atoms with E-state index in [1.165, 1.54) is 0 Å². The Morgan fingerprint density at radius 1 is 0.475 bits per heavy atom. The van der Waals surface area contributed by atoms with Crippen LogP contribution in [0.2, 0.25) is 0 Å². The molecule has 59 heavy (non-hydrogen) atoms. The van der Waals surface area contributed by atoms with E-state index in [0.29, 0.717) is 6.54 Å². The Morgan fingerprint density at radius 3 is 1.97 bits per heavy atom. The molecule has 5 heteroatoms. The van der Waals surface area contributed by atoms with E-state index in [2.05, 4.69) is 168 Å². The average Bonchev–Trinajstić information content (AvgIpc) is 3.89. The molecule has 4 heterocycles. The topological polar surface area (TPSA) is 56.3 Å².